The normalized spacial score (nSPS) is 15.0. The summed E-state index contributed by atoms with van der Waals surface area (Å²) >= 11 is 6.02. The van der Waals surface area contributed by atoms with Gasteiger partial charge in [-0.3, -0.25) is 9.59 Å². The van der Waals surface area contributed by atoms with Crippen molar-refractivity contribution in [2.45, 2.75) is 0 Å². The summed E-state index contributed by atoms with van der Waals surface area (Å²) in [7, 11) is 0. The molecule has 0 unspecified atom stereocenters. The van der Waals surface area contributed by atoms with Gasteiger partial charge in [0.15, 0.2) is 0 Å². The first-order chi connectivity index (χ1) is 10.7. The molecule has 1 aromatic carbocycles. The van der Waals surface area contributed by atoms with Crippen molar-refractivity contribution in [3.05, 3.63) is 57.5 Å². The standard InChI is InChI=1S/C15H15ClN4O2/c16-13-12(10-17-18-14(13)21)19-6-8-20(9-7-19)15(22)11-4-2-1-3-5-11/h1-5,10H,6-9H2,(H,18,21). The van der Waals surface area contributed by atoms with Gasteiger partial charge in [0.25, 0.3) is 11.5 Å². The Morgan fingerprint density at radius 3 is 2.50 bits per heavy atom. The number of aromatic nitrogens is 2. The summed E-state index contributed by atoms with van der Waals surface area (Å²) in [6.45, 7) is 2.39. The first kappa shape index (κ1) is 14.6. The number of halogens is 1. The van der Waals surface area contributed by atoms with Gasteiger partial charge >= 0.3 is 0 Å². The molecular weight excluding hydrogens is 304 g/mol. The molecule has 1 aliphatic rings. The van der Waals surface area contributed by atoms with E-state index in [0.717, 1.165) is 0 Å². The summed E-state index contributed by atoms with van der Waals surface area (Å²) < 4.78 is 0. The summed E-state index contributed by atoms with van der Waals surface area (Å²) in [5.41, 5.74) is 0.894. The van der Waals surface area contributed by atoms with E-state index >= 15 is 0 Å². The zero-order valence-electron chi connectivity index (χ0n) is 11.8. The number of hydrogen-bond donors (Lipinski definition) is 1. The number of nitrogens with zero attached hydrogens (tertiary/aromatic N) is 3. The van der Waals surface area contributed by atoms with Crippen LogP contribution >= 0.6 is 11.6 Å². The maximum Gasteiger partial charge on any atom is 0.285 e. The van der Waals surface area contributed by atoms with Crippen LogP contribution in [0.1, 0.15) is 10.4 Å². The van der Waals surface area contributed by atoms with Gasteiger partial charge in [0.05, 0.1) is 11.9 Å². The van der Waals surface area contributed by atoms with Crippen molar-refractivity contribution in [3.8, 4) is 0 Å². The molecule has 1 saturated heterocycles. The molecule has 1 amide bonds. The summed E-state index contributed by atoms with van der Waals surface area (Å²) in [4.78, 5) is 27.7. The van der Waals surface area contributed by atoms with Crippen LogP contribution in [-0.4, -0.2) is 47.2 Å². The molecule has 2 heterocycles. The molecular formula is C15H15ClN4O2. The third-order valence-electron chi connectivity index (χ3n) is 3.71. The maximum atomic E-state index is 12.4. The van der Waals surface area contributed by atoms with Gasteiger partial charge in [-0.25, -0.2) is 5.10 Å². The molecule has 1 aliphatic heterocycles. The smallest absolute Gasteiger partial charge is 0.285 e. The molecule has 6 nitrogen and oxygen atoms in total. The molecule has 3 rings (SSSR count). The van der Waals surface area contributed by atoms with Crippen molar-refractivity contribution >= 4 is 23.2 Å². The third-order valence-corrected chi connectivity index (χ3v) is 4.07. The summed E-state index contributed by atoms with van der Waals surface area (Å²) in [6.07, 6.45) is 1.54. The summed E-state index contributed by atoms with van der Waals surface area (Å²) in [5, 5.41) is 6.21. The Morgan fingerprint density at radius 2 is 1.82 bits per heavy atom. The van der Waals surface area contributed by atoms with E-state index < -0.39 is 5.56 Å². The number of carbonyl (C=O) groups excluding carboxylic acids is 1. The number of benzene rings is 1. The second-order valence-corrected chi connectivity index (χ2v) is 5.42. The number of piperazine rings is 1. The van der Waals surface area contributed by atoms with Crippen LogP contribution in [0.25, 0.3) is 0 Å². The van der Waals surface area contributed by atoms with Crippen LogP contribution in [0.2, 0.25) is 5.02 Å². The number of H-pyrrole nitrogens is 1. The molecule has 7 heteroatoms. The number of aromatic amines is 1. The van der Waals surface area contributed by atoms with Crippen molar-refractivity contribution in [1.29, 1.82) is 0 Å². The molecule has 22 heavy (non-hydrogen) atoms. The van der Waals surface area contributed by atoms with Crippen molar-refractivity contribution in [2.75, 3.05) is 31.1 Å². The molecule has 1 fully saturated rings. The van der Waals surface area contributed by atoms with E-state index in [9.17, 15) is 9.59 Å². The quantitative estimate of drug-likeness (QED) is 0.908. The summed E-state index contributed by atoms with van der Waals surface area (Å²) in [6, 6.07) is 9.21. The van der Waals surface area contributed by atoms with Crippen LogP contribution in [-0.2, 0) is 0 Å². The minimum absolute atomic E-state index is 0.0235. The fraction of sp³-hybridized carbons (Fsp3) is 0.267. The highest BCUT2D eigenvalue weighted by molar-refractivity contribution is 6.33. The SMILES string of the molecule is O=C(c1ccccc1)N1CCN(c2cn[nH]c(=O)c2Cl)CC1. The maximum absolute atomic E-state index is 12.4. The third kappa shape index (κ3) is 2.82. The highest BCUT2D eigenvalue weighted by Gasteiger charge is 2.23. The molecule has 0 radical (unpaired) electrons. The van der Waals surface area contributed by atoms with E-state index in [0.29, 0.717) is 37.4 Å². The Balaban J connectivity index is 1.69. The van der Waals surface area contributed by atoms with E-state index in [-0.39, 0.29) is 10.9 Å². The second kappa shape index (κ2) is 6.19. The Labute approximate surface area is 132 Å². The van der Waals surface area contributed by atoms with Gasteiger partial charge in [-0.2, -0.15) is 5.10 Å². The largest absolute Gasteiger partial charge is 0.365 e. The number of amides is 1. The Kier molecular flexibility index (Phi) is 4.11. The van der Waals surface area contributed by atoms with Gasteiger partial charge in [0.1, 0.15) is 5.02 Å². The molecule has 0 spiro atoms. The molecule has 0 saturated carbocycles. The summed E-state index contributed by atoms with van der Waals surface area (Å²) in [5.74, 6) is 0.0235. The zero-order chi connectivity index (χ0) is 15.5. The number of carbonyl (C=O) groups is 1. The van der Waals surface area contributed by atoms with Gasteiger partial charge in [0, 0.05) is 31.7 Å². The predicted molar refractivity (Wildman–Crippen MR) is 84.4 cm³/mol. The minimum atomic E-state index is -0.401. The average Bonchev–Trinajstić information content (AvgIpc) is 2.58. The molecule has 0 bridgehead atoms. The van der Waals surface area contributed by atoms with Gasteiger partial charge in [-0.1, -0.05) is 29.8 Å². The van der Waals surface area contributed by atoms with Crippen molar-refractivity contribution in [2.24, 2.45) is 0 Å². The molecule has 2 aromatic rings. The number of nitrogens with one attached hydrogen (secondary N) is 1. The van der Waals surface area contributed by atoms with E-state index in [1.165, 1.54) is 0 Å². The first-order valence-electron chi connectivity index (χ1n) is 6.99. The molecule has 114 valence electrons. The van der Waals surface area contributed by atoms with Crippen molar-refractivity contribution in [3.63, 3.8) is 0 Å². The monoisotopic (exact) mass is 318 g/mol. The van der Waals surface area contributed by atoms with Crippen molar-refractivity contribution in [1.82, 2.24) is 15.1 Å². The molecule has 1 aromatic heterocycles. The highest BCUT2D eigenvalue weighted by Crippen LogP contribution is 2.22. The molecule has 0 aliphatic carbocycles. The topological polar surface area (TPSA) is 69.3 Å². The van der Waals surface area contributed by atoms with E-state index in [4.69, 9.17) is 11.6 Å². The van der Waals surface area contributed by atoms with Crippen LogP contribution in [0, 0.1) is 0 Å². The highest BCUT2D eigenvalue weighted by atomic mass is 35.5. The van der Waals surface area contributed by atoms with Crippen LogP contribution in [0.4, 0.5) is 5.69 Å². The minimum Gasteiger partial charge on any atom is -0.365 e. The second-order valence-electron chi connectivity index (χ2n) is 5.04. The van der Waals surface area contributed by atoms with Crippen LogP contribution in [0.15, 0.2) is 41.3 Å². The average molecular weight is 319 g/mol. The Morgan fingerprint density at radius 1 is 1.14 bits per heavy atom. The fourth-order valence-electron chi connectivity index (χ4n) is 2.51. The van der Waals surface area contributed by atoms with Gasteiger partial charge in [-0.05, 0) is 12.1 Å². The molecule has 0 atom stereocenters. The number of hydrogen-bond acceptors (Lipinski definition) is 4. The van der Waals surface area contributed by atoms with Crippen LogP contribution in [0.5, 0.6) is 0 Å². The van der Waals surface area contributed by atoms with E-state index in [1.807, 2.05) is 35.2 Å². The zero-order valence-corrected chi connectivity index (χ0v) is 12.6. The van der Waals surface area contributed by atoms with Gasteiger partial charge in [-0.15, -0.1) is 0 Å². The van der Waals surface area contributed by atoms with Gasteiger partial charge in [0.2, 0.25) is 0 Å². The van der Waals surface area contributed by atoms with Crippen molar-refractivity contribution < 1.29 is 4.79 Å². The number of rotatable bonds is 2. The van der Waals surface area contributed by atoms with Crippen LogP contribution in [0.3, 0.4) is 0 Å². The number of anilines is 1. The lowest BCUT2D eigenvalue weighted by atomic mass is 10.2. The first-order valence-corrected chi connectivity index (χ1v) is 7.37. The molecule has 1 N–H and O–H groups in total. The van der Waals surface area contributed by atoms with Crippen LogP contribution < -0.4 is 10.5 Å². The van der Waals surface area contributed by atoms with Gasteiger partial charge < -0.3 is 9.80 Å². The Hall–Kier alpha value is -2.34. The van der Waals surface area contributed by atoms with E-state index in [1.54, 1.807) is 11.1 Å². The Bertz CT molecular complexity index is 724. The van der Waals surface area contributed by atoms with E-state index in [2.05, 4.69) is 10.2 Å². The lowest BCUT2D eigenvalue weighted by molar-refractivity contribution is 0.0747. The fourth-order valence-corrected chi connectivity index (χ4v) is 2.72. The predicted octanol–water partition coefficient (Wildman–Crippen LogP) is 1.39. The lowest BCUT2D eigenvalue weighted by Gasteiger charge is -2.36. The lowest BCUT2D eigenvalue weighted by Crippen LogP contribution is -2.49.